The van der Waals surface area contributed by atoms with E-state index in [2.05, 4.69) is 10.5 Å². The van der Waals surface area contributed by atoms with Gasteiger partial charge in [0.05, 0.1) is 17.9 Å². The third kappa shape index (κ3) is 6.80. The van der Waals surface area contributed by atoms with Gasteiger partial charge in [-0.05, 0) is 18.6 Å². The molecule has 9 nitrogen and oxygen atoms in total. The van der Waals surface area contributed by atoms with E-state index in [4.69, 9.17) is 26.0 Å². The van der Waals surface area contributed by atoms with Crippen molar-refractivity contribution in [1.29, 1.82) is 0 Å². The molecule has 0 aliphatic rings. The lowest BCUT2D eigenvalue weighted by Gasteiger charge is -2.15. The van der Waals surface area contributed by atoms with Crippen molar-refractivity contribution >= 4 is 39.2 Å². The number of hydrogen-bond donors (Lipinski definition) is 2. The number of nitrogens with one attached hydrogen (secondary N) is 1. The lowest BCUT2D eigenvalue weighted by molar-refractivity contribution is -0.136. The Kier molecular flexibility index (Phi) is 7.72. The number of carbonyl (C=O) groups is 2. The van der Waals surface area contributed by atoms with E-state index in [9.17, 15) is 18.0 Å². The van der Waals surface area contributed by atoms with Gasteiger partial charge >= 0.3 is 12.1 Å². The summed E-state index contributed by atoms with van der Waals surface area (Å²) >= 11 is 6.13. The van der Waals surface area contributed by atoms with Gasteiger partial charge < -0.3 is 14.4 Å². The first-order valence-corrected chi connectivity index (χ1v) is 12.0. The largest absolute Gasteiger partial charge is 0.481 e. The average Bonchev–Trinajstić information content (AvgIpc) is 3.20. The van der Waals surface area contributed by atoms with E-state index in [1.165, 1.54) is 6.26 Å². The Morgan fingerprint density at radius 2 is 1.88 bits per heavy atom. The lowest BCUT2D eigenvalue weighted by atomic mass is 10.1. The van der Waals surface area contributed by atoms with Gasteiger partial charge in [-0.25, -0.2) is 13.2 Å². The molecule has 3 aromatic rings. The zero-order chi connectivity index (χ0) is 24.0. The molecule has 0 aliphatic heterocycles. The van der Waals surface area contributed by atoms with E-state index in [0.29, 0.717) is 27.4 Å². The van der Waals surface area contributed by atoms with E-state index in [-0.39, 0.29) is 11.4 Å². The smallest absolute Gasteiger partial charge is 0.412 e. The number of hydrogen-bond acceptors (Lipinski definition) is 7. The third-order valence-corrected chi connectivity index (χ3v) is 6.62. The van der Waals surface area contributed by atoms with Crippen LogP contribution in [0.3, 0.4) is 0 Å². The zero-order valence-electron chi connectivity index (χ0n) is 17.5. The van der Waals surface area contributed by atoms with E-state index < -0.39 is 40.2 Å². The first-order chi connectivity index (χ1) is 15.6. The fourth-order valence-corrected chi connectivity index (χ4v) is 4.65. The number of carbonyl (C=O) groups excluding carboxylic acids is 1. The summed E-state index contributed by atoms with van der Waals surface area (Å²) in [5, 5.41) is 15.6. The van der Waals surface area contributed by atoms with Crippen molar-refractivity contribution in [2.24, 2.45) is 0 Å². The van der Waals surface area contributed by atoms with Gasteiger partial charge in [0.25, 0.3) is 0 Å². The Hall–Kier alpha value is -3.37. The third-order valence-electron chi connectivity index (χ3n) is 4.67. The molecule has 2 aromatic carbocycles. The summed E-state index contributed by atoms with van der Waals surface area (Å²) in [6.07, 6.45) is -0.516. The summed E-state index contributed by atoms with van der Waals surface area (Å²) in [4.78, 5) is 23.0. The summed E-state index contributed by atoms with van der Waals surface area (Å²) in [6.45, 7) is 1.69. The maximum atomic E-state index is 12.4. The van der Waals surface area contributed by atoms with Crippen LogP contribution in [0.15, 0.2) is 59.3 Å². The predicted octanol–water partition coefficient (Wildman–Crippen LogP) is 4.69. The van der Waals surface area contributed by atoms with Gasteiger partial charge in [0, 0.05) is 16.1 Å². The summed E-state index contributed by atoms with van der Waals surface area (Å²) in [7, 11) is -3.56. The number of rotatable bonds is 9. The minimum absolute atomic E-state index is 0.271. The molecule has 33 heavy (non-hydrogen) atoms. The second-order valence-electron chi connectivity index (χ2n) is 7.20. The molecule has 3 rings (SSSR count). The molecule has 1 atom stereocenters. The second kappa shape index (κ2) is 10.5. The summed E-state index contributed by atoms with van der Waals surface area (Å²) < 4.78 is 34.5. The predicted molar refractivity (Wildman–Crippen MR) is 122 cm³/mol. The van der Waals surface area contributed by atoms with Crippen LogP contribution >= 0.6 is 11.6 Å². The Morgan fingerprint density at radius 1 is 1.18 bits per heavy atom. The van der Waals surface area contributed by atoms with Crippen LogP contribution in [0, 0.1) is 0 Å². The van der Waals surface area contributed by atoms with Crippen molar-refractivity contribution in [1.82, 2.24) is 5.16 Å². The van der Waals surface area contributed by atoms with E-state index in [1.807, 2.05) is 0 Å². The molecule has 1 aromatic heterocycles. The molecular formula is C22H21ClN2O7S. The molecule has 0 radical (unpaired) electrons. The fourth-order valence-electron chi connectivity index (χ4n) is 3.03. The van der Waals surface area contributed by atoms with Crippen molar-refractivity contribution in [3.63, 3.8) is 0 Å². The molecule has 0 aliphatic carbocycles. The minimum atomic E-state index is -3.56. The Bertz CT molecular complexity index is 1240. The summed E-state index contributed by atoms with van der Waals surface area (Å²) in [6, 6.07) is 13.5. The van der Waals surface area contributed by atoms with Crippen LogP contribution in [0.25, 0.3) is 11.3 Å². The number of anilines is 1. The Balaban J connectivity index is 1.65. The number of aromatic nitrogens is 1. The Labute approximate surface area is 195 Å². The summed E-state index contributed by atoms with van der Waals surface area (Å²) in [5.41, 5.74) is 2.33. The number of carboxylic acids is 1. The van der Waals surface area contributed by atoms with Gasteiger partial charge in [0.1, 0.15) is 23.7 Å². The molecule has 1 heterocycles. The fraction of sp³-hybridized carbons (Fsp3) is 0.227. The topological polar surface area (TPSA) is 136 Å². The van der Waals surface area contributed by atoms with E-state index in [1.54, 1.807) is 55.5 Å². The number of ether oxygens (including phenoxy) is 1. The number of amides is 1. The Morgan fingerprint density at radius 3 is 2.55 bits per heavy atom. The van der Waals surface area contributed by atoms with Gasteiger partial charge in [0.15, 0.2) is 9.84 Å². The highest BCUT2D eigenvalue weighted by molar-refractivity contribution is 7.90. The monoisotopic (exact) mass is 492 g/mol. The van der Waals surface area contributed by atoms with Gasteiger partial charge in [-0.15, -0.1) is 0 Å². The second-order valence-corrected chi connectivity index (χ2v) is 9.79. The summed E-state index contributed by atoms with van der Waals surface area (Å²) in [5.74, 6) is -1.88. The van der Waals surface area contributed by atoms with Crippen molar-refractivity contribution < 1.29 is 32.4 Å². The van der Waals surface area contributed by atoms with Crippen LogP contribution < -0.4 is 5.32 Å². The number of carboxylic acid groups (broad SMARTS) is 1. The molecule has 0 saturated heterocycles. The van der Waals surface area contributed by atoms with Crippen molar-refractivity contribution in [2.75, 3.05) is 11.1 Å². The molecule has 174 valence electrons. The molecule has 1 amide bonds. The van der Waals surface area contributed by atoms with Gasteiger partial charge in [-0.1, -0.05) is 59.2 Å². The first kappa shape index (κ1) is 24.3. The van der Waals surface area contributed by atoms with Crippen LogP contribution in [-0.2, 0) is 25.1 Å². The van der Waals surface area contributed by atoms with Crippen LogP contribution in [0.4, 0.5) is 10.5 Å². The van der Waals surface area contributed by atoms with Crippen LogP contribution in [0.5, 0.6) is 0 Å². The lowest BCUT2D eigenvalue weighted by Crippen LogP contribution is -2.16. The molecule has 0 unspecified atom stereocenters. The van der Waals surface area contributed by atoms with Crippen LogP contribution in [0.1, 0.15) is 30.6 Å². The molecule has 0 saturated carbocycles. The van der Waals surface area contributed by atoms with Gasteiger partial charge in [-0.3, -0.25) is 10.1 Å². The zero-order valence-corrected chi connectivity index (χ0v) is 19.1. The number of benzene rings is 2. The van der Waals surface area contributed by atoms with E-state index in [0.717, 1.165) is 0 Å². The standard InChI is InChI=1S/C22H21ClN2O7S/c1-14(17-4-2-3-5-18(17)23)32-22(28)24-19-12-31-25-21(19)16-8-6-15(7-9-16)13-33(29,30)11-10-20(26)27/h2-9,12,14H,10-11,13H2,1H3,(H,24,28)(H,26,27)/t14-/m1/s1. The van der Waals surface area contributed by atoms with Crippen molar-refractivity contribution in [2.45, 2.75) is 25.2 Å². The van der Waals surface area contributed by atoms with Gasteiger partial charge in [-0.2, -0.15) is 0 Å². The molecule has 0 bridgehead atoms. The highest BCUT2D eigenvalue weighted by Gasteiger charge is 2.19. The average molecular weight is 493 g/mol. The maximum absolute atomic E-state index is 12.4. The molecule has 2 N–H and O–H groups in total. The van der Waals surface area contributed by atoms with Crippen LogP contribution in [0.2, 0.25) is 5.02 Å². The van der Waals surface area contributed by atoms with Gasteiger partial charge in [0.2, 0.25) is 0 Å². The van der Waals surface area contributed by atoms with Crippen molar-refractivity contribution in [3.05, 3.63) is 70.9 Å². The highest BCUT2D eigenvalue weighted by atomic mass is 35.5. The number of nitrogens with zero attached hydrogens (tertiary/aromatic N) is 1. The quantitative estimate of drug-likeness (QED) is 0.439. The minimum Gasteiger partial charge on any atom is -0.481 e. The molecule has 0 fully saturated rings. The first-order valence-electron chi connectivity index (χ1n) is 9.82. The normalized spacial score (nSPS) is 12.2. The van der Waals surface area contributed by atoms with E-state index >= 15 is 0 Å². The maximum Gasteiger partial charge on any atom is 0.412 e. The molecule has 11 heteroatoms. The SMILES string of the molecule is C[C@@H](OC(=O)Nc1conc1-c1ccc(CS(=O)(=O)CCC(=O)O)cc1)c1ccccc1Cl. The molecular weight excluding hydrogens is 472 g/mol. The van der Waals surface area contributed by atoms with Crippen LogP contribution in [-0.4, -0.2) is 36.5 Å². The van der Waals surface area contributed by atoms with Crippen molar-refractivity contribution in [3.8, 4) is 11.3 Å². The highest BCUT2D eigenvalue weighted by Crippen LogP contribution is 2.29. The molecule has 0 spiro atoms. The number of halogens is 1. The number of sulfone groups is 1. The number of aliphatic carboxylic acids is 1.